The second kappa shape index (κ2) is 8.04. The molecule has 0 unspecified atom stereocenters. The average Bonchev–Trinajstić information content (AvgIpc) is 2.91. The number of nitriles is 1. The van der Waals surface area contributed by atoms with Gasteiger partial charge in [-0.25, -0.2) is 0 Å². The Morgan fingerprint density at radius 3 is 2.50 bits per heavy atom. The summed E-state index contributed by atoms with van der Waals surface area (Å²) < 4.78 is 0.217. The third-order valence-corrected chi connectivity index (χ3v) is 5.25. The molecule has 0 bridgehead atoms. The molecule has 9 nitrogen and oxygen atoms in total. The Kier molecular flexibility index (Phi) is 5.67. The number of amides is 3. The second-order valence-corrected chi connectivity index (χ2v) is 7.56. The molecule has 10 heteroatoms. The lowest BCUT2D eigenvalue weighted by Crippen LogP contribution is -2.24. The molecule has 0 fully saturated rings. The van der Waals surface area contributed by atoms with Gasteiger partial charge in [0.05, 0.1) is 26.9 Å². The number of hydrogen-bond donors (Lipinski definition) is 1. The summed E-state index contributed by atoms with van der Waals surface area (Å²) in [5.74, 6) is -1.24. The van der Waals surface area contributed by atoms with Crippen LogP contribution in [0.3, 0.4) is 0 Å². The molecule has 152 valence electrons. The van der Waals surface area contributed by atoms with Crippen LogP contribution >= 0.6 is 15.9 Å². The molecule has 1 aliphatic heterocycles. The maximum atomic E-state index is 12.4. The highest BCUT2D eigenvalue weighted by Gasteiger charge is 2.37. The van der Waals surface area contributed by atoms with Gasteiger partial charge in [-0.2, -0.15) is 5.26 Å². The topological polar surface area (TPSA) is 118 Å². The van der Waals surface area contributed by atoms with E-state index in [4.69, 9.17) is 0 Å². The number of carbonyl (C=O) groups excluding carboxylic acids is 3. The smallest absolute Gasteiger partial charge is 0.262 e. The summed E-state index contributed by atoms with van der Waals surface area (Å²) >= 11 is 3.30. The van der Waals surface area contributed by atoms with E-state index in [9.17, 15) is 19.6 Å². The van der Waals surface area contributed by atoms with Gasteiger partial charge in [-0.15, -0.1) is 10.2 Å². The molecule has 2 aromatic rings. The molecule has 0 radical (unpaired) electrons. The largest absolute Gasteiger partial charge is 0.378 e. The van der Waals surface area contributed by atoms with Crippen molar-refractivity contribution in [2.24, 2.45) is 10.2 Å². The van der Waals surface area contributed by atoms with Crippen molar-refractivity contribution >= 4 is 56.4 Å². The fraction of sp³-hybridized carbons (Fsp3) is 0.200. The number of nitrogens with zero attached hydrogens (tertiary/aromatic N) is 5. The van der Waals surface area contributed by atoms with Crippen molar-refractivity contribution in [3.8, 4) is 6.07 Å². The molecule has 0 saturated heterocycles. The van der Waals surface area contributed by atoms with E-state index in [1.807, 2.05) is 25.1 Å². The maximum Gasteiger partial charge on any atom is 0.262 e. The first-order valence-electron chi connectivity index (χ1n) is 8.75. The molecule has 0 saturated carbocycles. The number of nitrogens with one attached hydrogen (secondary N) is 1. The Hall–Kier alpha value is -3.58. The SMILES string of the molecule is CC(=O)Nc1cc(N(C)C)ccc1/N=N/c1c(C#N)cc2c(c1Br)C(=O)N(C)C2=O. The van der Waals surface area contributed by atoms with Gasteiger partial charge in [0.1, 0.15) is 17.4 Å². The van der Waals surface area contributed by atoms with Crippen molar-refractivity contribution in [3.05, 3.63) is 45.4 Å². The van der Waals surface area contributed by atoms with Crippen molar-refractivity contribution in [1.29, 1.82) is 5.26 Å². The van der Waals surface area contributed by atoms with E-state index in [1.165, 1.54) is 20.0 Å². The molecular formula is C20H17BrN6O3. The zero-order valence-corrected chi connectivity index (χ0v) is 18.2. The summed E-state index contributed by atoms with van der Waals surface area (Å²) in [5, 5.41) is 20.6. The van der Waals surface area contributed by atoms with Gasteiger partial charge in [0.15, 0.2) is 0 Å². The van der Waals surface area contributed by atoms with Gasteiger partial charge in [-0.05, 0) is 40.2 Å². The highest BCUT2D eigenvalue weighted by molar-refractivity contribution is 9.10. The standard InChI is InChI=1S/C20H17BrN6O3/c1-10(28)23-15-8-12(26(2)3)5-6-14(15)24-25-18-11(9-22)7-13-16(17(18)21)20(30)27(4)19(13)29/h5-8H,1-4H3,(H,23,28)/b25-24+. The molecule has 1 aliphatic rings. The first kappa shape index (κ1) is 21.1. The van der Waals surface area contributed by atoms with Gasteiger partial charge >= 0.3 is 0 Å². The number of anilines is 2. The van der Waals surface area contributed by atoms with Crippen molar-refractivity contribution in [2.75, 3.05) is 31.4 Å². The van der Waals surface area contributed by atoms with Crippen LogP contribution in [0, 0.1) is 11.3 Å². The van der Waals surface area contributed by atoms with Crippen molar-refractivity contribution in [3.63, 3.8) is 0 Å². The predicted octanol–water partition coefficient (Wildman–Crippen LogP) is 3.99. The minimum absolute atomic E-state index is 0.0896. The number of halogens is 1. The van der Waals surface area contributed by atoms with Crippen LogP contribution in [0.25, 0.3) is 0 Å². The third kappa shape index (κ3) is 3.67. The molecule has 3 amide bonds. The molecular weight excluding hydrogens is 452 g/mol. The Balaban J connectivity index is 2.12. The van der Waals surface area contributed by atoms with E-state index in [-0.39, 0.29) is 32.8 Å². The first-order valence-corrected chi connectivity index (χ1v) is 9.54. The van der Waals surface area contributed by atoms with Crippen LogP contribution in [0.4, 0.5) is 22.7 Å². The van der Waals surface area contributed by atoms with E-state index in [0.29, 0.717) is 11.4 Å². The predicted molar refractivity (Wildman–Crippen MR) is 115 cm³/mol. The summed E-state index contributed by atoms with van der Waals surface area (Å²) in [6.07, 6.45) is 0. The summed E-state index contributed by atoms with van der Waals surface area (Å²) in [7, 11) is 5.10. The van der Waals surface area contributed by atoms with Crippen LogP contribution in [0.2, 0.25) is 0 Å². The molecule has 0 aliphatic carbocycles. The second-order valence-electron chi connectivity index (χ2n) is 6.77. The average molecular weight is 469 g/mol. The Morgan fingerprint density at radius 1 is 1.20 bits per heavy atom. The van der Waals surface area contributed by atoms with E-state index in [0.717, 1.165) is 10.6 Å². The molecule has 0 aromatic heterocycles. The van der Waals surface area contributed by atoms with E-state index >= 15 is 0 Å². The summed E-state index contributed by atoms with van der Waals surface area (Å²) in [6.45, 7) is 1.38. The van der Waals surface area contributed by atoms with Crippen LogP contribution in [0.5, 0.6) is 0 Å². The number of rotatable bonds is 4. The van der Waals surface area contributed by atoms with E-state index in [1.54, 1.807) is 18.2 Å². The molecule has 1 N–H and O–H groups in total. The molecule has 0 atom stereocenters. The minimum Gasteiger partial charge on any atom is -0.378 e. The van der Waals surface area contributed by atoms with Gasteiger partial charge in [-0.3, -0.25) is 19.3 Å². The number of hydrogen-bond acceptors (Lipinski definition) is 7. The highest BCUT2D eigenvalue weighted by atomic mass is 79.9. The number of carbonyl (C=O) groups is 3. The van der Waals surface area contributed by atoms with E-state index < -0.39 is 11.8 Å². The third-order valence-electron chi connectivity index (χ3n) is 4.48. The van der Waals surface area contributed by atoms with Crippen molar-refractivity contribution in [2.45, 2.75) is 6.92 Å². The van der Waals surface area contributed by atoms with Crippen molar-refractivity contribution in [1.82, 2.24) is 4.90 Å². The van der Waals surface area contributed by atoms with Crippen LogP contribution in [0.1, 0.15) is 33.2 Å². The lowest BCUT2D eigenvalue weighted by Gasteiger charge is -2.15. The monoisotopic (exact) mass is 468 g/mol. The Bertz CT molecular complexity index is 1170. The van der Waals surface area contributed by atoms with Gasteiger partial charge < -0.3 is 10.2 Å². The maximum absolute atomic E-state index is 12.4. The lowest BCUT2D eigenvalue weighted by molar-refractivity contribution is -0.114. The minimum atomic E-state index is -0.489. The summed E-state index contributed by atoms with van der Waals surface area (Å²) in [6, 6.07) is 8.55. The molecule has 30 heavy (non-hydrogen) atoms. The fourth-order valence-corrected chi connectivity index (χ4v) is 3.60. The molecule has 3 rings (SSSR count). The van der Waals surface area contributed by atoms with Gasteiger partial charge in [0.2, 0.25) is 5.91 Å². The zero-order valence-electron chi connectivity index (χ0n) is 16.6. The Morgan fingerprint density at radius 2 is 1.90 bits per heavy atom. The lowest BCUT2D eigenvalue weighted by atomic mass is 10.0. The number of benzene rings is 2. The summed E-state index contributed by atoms with van der Waals surface area (Å²) in [5.41, 5.74) is 2.15. The number of azo groups is 1. The molecule has 1 heterocycles. The van der Waals surface area contributed by atoms with Crippen LogP contribution < -0.4 is 10.2 Å². The fourth-order valence-electron chi connectivity index (χ4n) is 2.92. The quantitative estimate of drug-likeness (QED) is 0.537. The molecule has 2 aromatic carbocycles. The number of imide groups is 1. The highest BCUT2D eigenvalue weighted by Crippen LogP contribution is 2.40. The van der Waals surface area contributed by atoms with Gasteiger partial charge in [0.25, 0.3) is 11.8 Å². The van der Waals surface area contributed by atoms with Crippen LogP contribution in [0.15, 0.2) is 39.0 Å². The van der Waals surface area contributed by atoms with Crippen LogP contribution in [-0.4, -0.2) is 43.8 Å². The summed E-state index contributed by atoms with van der Waals surface area (Å²) in [4.78, 5) is 39.1. The molecule has 0 spiro atoms. The van der Waals surface area contributed by atoms with Crippen LogP contribution in [-0.2, 0) is 4.79 Å². The normalized spacial score (nSPS) is 12.9. The first-order chi connectivity index (χ1) is 14.1. The van der Waals surface area contributed by atoms with Gasteiger partial charge in [0, 0.05) is 33.8 Å². The zero-order chi connectivity index (χ0) is 22.2. The van der Waals surface area contributed by atoms with E-state index in [2.05, 4.69) is 31.5 Å². The van der Waals surface area contributed by atoms with Crippen molar-refractivity contribution < 1.29 is 14.4 Å². The van der Waals surface area contributed by atoms with Gasteiger partial charge in [-0.1, -0.05) is 0 Å². The Labute approximate surface area is 181 Å². The number of fused-ring (bicyclic) bond motifs is 1.